The van der Waals surface area contributed by atoms with Gasteiger partial charge in [-0.05, 0) is 36.4 Å². The first kappa shape index (κ1) is 10.2. The van der Waals surface area contributed by atoms with Crippen LogP contribution in [0.15, 0.2) is 48.7 Å². The maximum atomic E-state index is 5.90. The fraction of sp³-hybridized carbons (Fsp3) is 0. The molecule has 0 aliphatic carbocycles. The molecule has 0 aliphatic rings. The van der Waals surface area contributed by atoms with Crippen molar-refractivity contribution in [3.05, 3.63) is 53.7 Å². The summed E-state index contributed by atoms with van der Waals surface area (Å²) in [5.41, 5.74) is 8.60. The van der Waals surface area contributed by atoms with Crippen LogP contribution >= 0.6 is 11.6 Å². The van der Waals surface area contributed by atoms with E-state index >= 15 is 0 Å². The zero-order valence-electron chi connectivity index (χ0n) is 8.97. The molecule has 3 aromatic rings. The van der Waals surface area contributed by atoms with E-state index in [-0.39, 0.29) is 0 Å². The van der Waals surface area contributed by atoms with Gasteiger partial charge in [-0.15, -0.1) is 0 Å². The van der Waals surface area contributed by atoms with Gasteiger partial charge >= 0.3 is 0 Å². The molecule has 0 fully saturated rings. The predicted octanol–water partition coefficient (Wildman–Crippen LogP) is 3.26. The van der Waals surface area contributed by atoms with Crippen LogP contribution in [0, 0.1) is 0 Å². The van der Waals surface area contributed by atoms with Crippen LogP contribution in [-0.2, 0) is 0 Å². The Morgan fingerprint density at radius 2 is 1.82 bits per heavy atom. The number of nitrogens with zero attached hydrogens (tertiary/aromatic N) is 2. The Hall–Kier alpha value is -2.00. The first-order valence-corrected chi connectivity index (χ1v) is 5.62. The smallest absolute Gasteiger partial charge is 0.0761 e. The van der Waals surface area contributed by atoms with Gasteiger partial charge in [0.15, 0.2) is 0 Å². The predicted molar refractivity (Wildman–Crippen MR) is 70.5 cm³/mol. The van der Waals surface area contributed by atoms with Crippen LogP contribution in [0.2, 0.25) is 5.02 Å². The summed E-state index contributed by atoms with van der Waals surface area (Å²) in [4.78, 5) is 0. The molecule has 0 saturated heterocycles. The highest BCUT2D eigenvalue weighted by molar-refractivity contribution is 6.30. The van der Waals surface area contributed by atoms with Crippen molar-refractivity contribution in [1.29, 1.82) is 0 Å². The number of hydrogen-bond acceptors (Lipinski definition) is 2. The summed E-state index contributed by atoms with van der Waals surface area (Å²) in [6.45, 7) is 0. The lowest BCUT2D eigenvalue weighted by atomic mass is 10.2. The van der Waals surface area contributed by atoms with Crippen molar-refractivity contribution in [2.45, 2.75) is 0 Å². The molecule has 4 heteroatoms. The SMILES string of the molecule is Nc1cccc2c1cnn2-c1ccc(Cl)cc1. The van der Waals surface area contributed by atoms with Crippen LogP contribution in [0.1, 0.15) is 0 Å². The number of nitrogens with two attached hydrogens (primary N) is 1. The van der Waals surface area contributed by atoms with E-state index in [4.69, 9.17) is 17.3 Å². The summed E-state index contributed by atoms with van der Waals surface area (Å²) < 4.78 is 1.85. The third-order valence-electron chi connectivity index (χ3n) is 2.72. The van der Waals surface area contributed by atoms with Gasteiger partial charge in [0.1, 0.15) is 0 Å². The lowest BCUT2D eigenvalue weighted by Crippen LogP contribution is -1.95. The number of aromatic nitrogens is 2. The van der Waals surface area contributed by atoms with Crippen molar-refractivity contribution >= 4 is 28.2 Å². The van der Waals surface area contributed by atoms with Gasteiger partial charge in [0.2, 0.25) is 0 Å². The second-order valence-corrected chi connectivity index (χ2v) is 4.25. The van der Waals surface area contributed by atoms with Crippen molar-refractivity contribution in [3.8, 4) is 5.69 Å². The summed E-state index contributed by atoms with van der Waals surface area (Å²) >= 11 is 5.87. The lowest BCUT2D eigenvalue weighted by molar-refractivity contribution is 0.911. The molecule has 0 radical (unpaired) electrons. The molecule has 0 saturated carbocycles. The van der Waals surface area contributed by atoms with Gasteiger partial charge in [-0.1, -0.05) is 17.7 Å². The van der Waals surface area contributed by atoms with Gasteiger partial charge in [0.25, 0.3) is 0 Å². The van der Waals surface area contributed by atoms with E-state index in [2.05, 4.69) is 5.10 Å². The zero-order valence-corrected chi connectivity index (χ0v) is 9.72. The van der Waals surface area contributed by atoms with E-state index in [1.54, 1.807) is 6.20 Å². The number of halogens is 1. The van der Waals surface area contributed by atoms with Gasteiger partial charge in [-0.2, -0.15) is 5.10 Å². The van der Waals surface area contributed by atoms with Gasteiger partial charge < -0.3 is 5.73 Å². The number of anilines is 1. The molecule has 1 aromatic heterocycles. The lowest BCUT2D eigenvalue weighted by Gasteiger charge is -2.03. The van der Waals surface area contributed by atoms with Crippen LogP contribution in [-0.4, -0.2) is 9.78 Å². The van der Waals surface area contributed by atoms with Gasteiger partial charge in [0, 0.05) is 16.1 Å². The average molecular weight is 244 g/mol. The third-order valence-corrected chi connectivity index (χ3v) is 2.97. The molecule has 0 amide bonds. The van der Waals surface area contributed by atoms with Gasteiger partial charge in [-0.3, -0.25) is 0 Å². The maximum Gasteiger partial charge on any atom is 0.0761 e. The fourth-order valence-corrected chi connectivity index (χ4v) is 1.99. The molecule has 1 heterocycles. The van der Waals surface area contributed by atoms with Crippen molar-refractivity contribution in [2.24, 2.45) is 0 Å². The van der Waals surface area contributed by atoms with E-state index in [0.717, 1.165) is 22.3 Å². The Bertz CT molecular complexity index is 671. The fourth-order valence-electron chi connectivity index (χ4n) is 1.86. The van der Waals surface area contributed by atoms with E-state index < -0.39 is 0 Å². The van der Waals surface area contributed by atoms with E-state index in [0.29, 0.717) is 5.02 Å². The molecule has 2 N–H and O–H groups in total. The molecule has 3 rings (SSSR count). The molecular weight excluding hydrogens is 234 g/mol. The molecule has 0 atom stereocenters. The molecule has 17 heavy (non-hydrogen) atoms. The van der Waals surface area contributed by atoms with Crippen molar-refractivity contribution < 1.29 is 0 Å². The van der Waals surface area contributed by atoms with Crippen molar-refractivity contribution in [1.82, 2.24) is 9.78 Å². The highest BCUT2D eigenvalue weighted by Crippen LogP contribution is 2.23. The number of fused-ring (bicyclic) bond motifs is 1. The second-order valence-electron chi connectivity index (χ2n) is 3.81. The first-order chi connectivity index (χ1) is 8.25. The van der Waals surface area contributed by atoms with Crippen molar-refractivity contribution in [3.63, 3.8) is 0 Å². The minimum Gasteiger partial charge on any atom is -0.398 e. The zero-order chi connectivity index (χ0) is 11.8. The number of nitrogen functional groups attached to an aromatic ring is 1. The van der Waals surface area contributed by atoms with Gasteiger partial charge in [-0.25, -0.2) is 4.68 Å². The highest BCUT2D eigenvalue weighted by Gasteiger charge is 2.06. The average Bonchev–Trinajstić information content (AvgIpc) is 2.75. The minimum atomic E-state index is 0.713. The monoisotopic (exact) mass is 243 g/mol. The highest BCUT2D eigenvalue weighted by atomic mass is 35.5. The van der Waals surface area contributed by atoms with Crippen LogP contribution in [0.3, 0.4) is 0 Å². The summed E-state index contributed by atoms with van der Waals surface area (Å²) in [5, 5.41) is 6.02. The number of hydrogen-bond donors (Lipinski definition) is 1. The number of benzene rings is 2. The normalized spacial score (nSPS) is 10.9. The Balaban J connectivity index is 2.24. The van der Waals surface area contributed by atoms with E-state index in [1.165, 1.54) is 0 Å². The maximum absolute atomic E-state index is 5.90. The molecule has 2 aromatic carbocycles. The summed E-state index contributed by atoms with van der Waals surface area (Å²) in [7, 11) is 0. The molecule has 0 spiro atoms. The van der Waals surface area contributed by atoms with Crippen molar-refractivity contribution in [2.75, 3.05) is 5.73 Å². The molecule has 0 aliphatic heterocycles. The van der Waals surface area contributed by atoms with E-state index in [1.807, 2.05) is 47.1 Å². The minimum absolute atomic E-state index is 0.713. The van der Waals surface area contributed by atoms with Crippen LogP contribution in [0.5, 0.6) is 0 Å². The largest absolute Gasteiger partial charge is 0.398 e. The Kier molecular flexibility index (Phi) is 2.27. The Labute approximate surface area is 103 Å². The quantitative estimate of drug-likeness (QED) is 0.667. The van der Waals surface area contributed by atoms with Crippen LogP contribution < -0.4 is 5.73 Å². The molecule has 0 unspecified atom stereocenters. The van der Waals surface area contributed by atoms with Crippen LogP contribution in [0.25, 0.3) is 16.6 Å². The third kappa shape index (κ3) is 1.65. The van der Waals surface area contributed by atoms with Crippen LogP contribution in [0.4, 0.5) is 5.69 Å². The summed E-state index contributed by atoms with van der Waals surface area (Å²) in [6, 6.07) is 13.3. The topological polar surface area (TPSA) is 43.8 Å². The molecule has 3 nitrogen and oxygen atoms in total. The molecule has 0 bridgehead atoms. The van der Waals surface area contributed by atoms with Gasteiger partial charge in [0.05, 0.1) is 17.4 Å². The summed E-state index contributed by atoms with van der Waals surface area (Å²) in [6.07, 6.45) is 1.78. The van der Waals surface area contributed by atoms with E-state index in [9.17, 15) is 0 Å². The number of rotatable bonds is 1. The molecular formula is C13H10ClN3. The Morgan fingerprint density at radius 3 is 2.59 bits per heavy atom. The Morgan fingerprint density at radius 1 is 1.06 bits per heavy atom. The summed E-state index contributed by atoms with van der Waals surface area (Å²) in [5.74, 6) is 0. The molecule has 84 valence electrons. The first-order valence-electron chi connectivity index (χ1n) is 5.24. The standard InChI is InChI=1S/C13H10ClN3/c14-9-4-6-10(7-5-9)17-13-3-1-2-12(15)11(13)8-16-17/h1-8H,15H2. The second kappa shape index (κ2) is 3.79.